The topological polar surface area (TPSA) is 71.6 Å². The van der Waals surface area contributed by atoms with E-state index in [4.69, 9.17) is 15.6 Å². The van der Waals surface area contributed by atoms with Crippen molar-refractivity contribution in [3.05, 3.63) is 12.1 Å². The lowest BCUT2D eigenvalue weighted by atomic mass is 10.3. The minimum absolute atomic E-state index is 0.0718. The normalized spacial score (nSPS) is 11.1. The van der Waals surface area contributed by atoms with Crippen LogP contribution in [0.15, 0.2) is 12.1 Å². The van der Waals surface area contributed by atoms with Gasteiger partial charge in [-0.25, -0.2) is 8.78 Å². The number of nitrogens with two attached hydrogens (primary N) is 1. The molecule has 0 aliphatic carbocycles. The quantitative estimate of drug-likeness (QED) is 0.789. The Morgan fingerprint density at radius 3 is 2.63 bits per heavy atom. The predicted molar refractivity (Wildman–Crippen MR) is 69.7 cm³/mol. The second-order valence-electron chi connectivity index (χ2n) is 4.29. The summed E-state index contributed by atoms with van der Waals surface area (Å²) >= 11 is 0. The highest BCUT2D eigenvalue weighted by molar-refractivity contribution is 5.54. The highest BCUT2D eigenvalue weighted by Crippen LogP contribution is 2.24. The Kier molecular flexibility index (Phi) is 5.75. The third-order valence-corrected chi connectivity index (χ3v) is 2.27. The number of halogens is 2. The number of alkyl halides is 2. The van der Waals surface area contributed by atoms with E-state index in [2.05, 4.69) is 4.98 Å². The maximum absolute atomic E-state index is 12.5. The molecule has 0 amide bonds. The molecule has 1 heterocycles. The number of aromatic nitrogens is 1. The van der Waals surface area contributed by atoms with Crippen LogP contribution in [0.3, 0.4) is 0 Å². The van der Waals surface area contributed by atoms with Crippen molar-refractivity contribution >= 4 is 11.5 Å². The van der Waals surface area contributed by atoms with Gasteiger partial charge >= 0.3 is 0 Å². The van der Waals surface area contributed by atoms with Crippen LogP contribution in [0.2, 0.25) is 0 Å². The summed E-state index contributed by atoms with van der Waals surface area (Å²) in [7, 11) is 0. The van der Waals surface area contributed by atoms with Crippen LogP contribution in [0.1, 0.15) is 13.8 Å². The second-order valence-corrected chi connectivity index (χ2v) is 4.29. The van der Waals surface area contributed by atoms with Gasteiger partial charge in [0.25, 0.3) is 6.43 Å². The Balaban J connectivity index is 2.96. The van der Waals surface area contributed by atoms with E-state index >= 15 is 0 Å². The number of hydrogen-bond acceptors (Lipinski definition) is 5. The first kappa shape index (κ1) is 15.4. The number of rotatable bonds is 7. The highest BCUT2D eigenvalue weighted by Gasteiger charge is 2.15. The summed E-state index contributed by atoms with van der Waals surface area (Å²) in [6.07, 6.45) is -2.63. The van der Waals surface area contributed by atoms with Crippen LogP contribution >= 0.6 is 0 Å². The van der Waals surface area contributed by atoms with Gasteiger partial charge in [-0.2, -0.15) is 4.98 Å². The molecule has 0 unspecified atom stereocenters. The number of pyridine rings is 1. The van der Waals surface area contributed by atoms with Crippen molar-refractivity contribution in [3.8, 4) is 5.88 Å². The lowest BCUT2D eigenvalue weighted by molar-refractivity contribution is 0.152. The molecule has 3 N–H and O–H groups in total. The molecule has 0 aromatic carbocycles. The first-order valence-electron chi connectivity index (χ1n) is 6.01. The standard InChI is InChI=1S/C12H19F2N3O2/c1-8(2)19-12-9(15)3-4-11(16-12)17(5-6-18)7-10(13)14/h3-4,8,10,18H,5-7,15H2,1-2H3. The van der Waals surface area contributed by atoms with Crippen LogP contribution in [0, 0.1) is 0 Å². The Morgan fingerprint density at radius 2 is 2.11 bits per heavy atom. The lowest BCUT2D eigenvalue weighted by Crippen LogP contribution is -2.32. The van der Waals surface area contributed by atoms with Crippen molar-refractivity contribution in [1.29, 1.82) is 0 Å². The molecule has 0 fully saturated rings. The molecule has 0 saturated heterocycles. The molecule has 5 nitrogen and oxygen atoms in total. The van der Waals surface area contributed by atoms with E-state index < -0.39 is 13.0 Å². The Hall–Kier alpha value is -1.63. The van der Waals surface area contributed by atoms with Crippen molar-refractivity contribution in [3.63, 3.8) is 0 Å². The number of nitrogen functional groups attached to an aromatic ring is 1. The number of aliphatic hydroxyl groups excluding tert-OH is 1. The minimum atomic E-state index is -2.51. The summed E-state index contributed by atoms with van der Waals surface area (Å²) in [6, 6.07) is 3.08. The number of ether oxygens (including phenoxy) is 1. The molecule has 7 heteroatoms. The van der Waals surface area contributed by atoms with Gasteiger partial charge in [-0.05, 0) is 26.0 Å². The van der Waals surface area contributed by atoms with Crippen molar-refractivity contribution in [2.24, 2.45) is 0 Å². The molecule has 0 atom stereocenters. The average Bonchev–Trinajstić information content (AvgIpc) is 2.30. The van der Waals surface area contributed by atoms with Crippen LogP contribution in [-0.2, 0) is 0 Å². The maximum atomic E-state index is 12.5. The van der Waals surface area contributed by atoms with E-state index in [1.165, 1.54) is 11.0 Å². The number of nitrogens with zero attached hydrogens (tertiary/aromatic N) is 2. The van der Waals surface area contributed by atoms with E-state index in [0.29, 0.717) is 11.5 Å². The van der Waals surface area contributed by atoms with Crippen LogP contribution in [-0.4, -0.2) is 42.3 Å². The third kappa shape index (κ3) is 4.86. The number of hydrogen-bond donors (Lipinski definition) is 2. The summed E-state index contributed by atoms with van der Waals surface area (Å²) in [6.45, 7) is 2.97. The summed E-state index contributed by atoms with van der Waals surface area (Å²) in [5, 5.41) is 8.91. The van der Waals surface area contributed by atoms with E-state index in [0.717, 1.165) is 0 Å². The van der Waals surface area contributed by atoms with Gasteiger partial charge in [-0.15, -0.1) is 0 Å². The van der Waals surface area contributed by atoms with Gasteiger partial charge < -0.3 is 20.5 Å². The Labute approximate surface area is 111 Å². The van der Waals surface area contributed by atoms with Crippen molar-refractivity contribution in [1.82, 2.24) is 4.98 Å². The van der Waals surface area contributed by atoms with Crippen molar-refractivity contribution in [2.45, 2.75) is 26.4 Å². The van der Waals surface area contributed by atoms with Gasteiger partial charge in [-0.1, -0.05) is 0 Å². The Bertz CT molecular complexity index is 403. The summed E-state index contributed by atoms with van der Waals surface area (Å²) in [5.74, 6) is 0.518. The van der Waals surface area contributed by atoms with Gasteiger partial charge in [0.15, 0.2) is 0 Å². The molecule has 0 bridgehead atoms. The fourth-order valence-electron chi connectivity index (χ4n) is 1.52. The number of aliphatic hydroxyl groups is 1. The first-order valence-corrected chi connectivity index (χ1v) is 6.01. The van der Waals surface area contributed by atoms with E-state index in [-0.39, 0.29) is 25.1 Å². The van der Waals surface area contributed by atoms with Crippen LogP contribution in [0.25, 0.3) is 0 Å². The molecule has 0 aliphatic heterocycles. The minimum Gasteiger partial charge on any atom is -0.473 e. The van der Waals surface area contributed by atoms with Gasteiger partial charge in [-0.3, -0.25) is 0 Å². The number of anilines is 2. The van der Waals surface area contributed by atoms with Crippen LogP contribution in [0.4, 0.5) is 20.3 Å². The van der Waals surface area contributed by atoms with Crippen molar-refractivity contribution < 1.29 is 18.6 Å². The molecule has 0 spiro atoms. The molecule has 1 rings (SSSR count). The average molecular weight is 275 g/mol. The molecule has 1 aromatic heterocycles. The smallest absolute Gasteiger partial charge is 0.255 e. The maximum Gasteiger partial charge on any atom is 0.255 e. The summed E-state index contributed by atoms with van der Waals surface area (Å²) < 4.78 is 30.4. The fourth-order valence-corrected chi connectivity index (χ4v) is 1.52. The molecule has 0 radical (unpaired) electrons. The zero-order valence-electron chi connectivity index (χ0n) is 11.0. The molecule has 0 saturated carbocycles. The van der Waals surface area contributed by atoms with E-state index in [1.807, 2.05) is 13.8 Å². The molecular formula is C12H19F2N3O2. The van der Waals surface area contributed by atoms with Crippen LogP contribution < -0.4 is 15.4 Å². The molecular weight excluding hydrogens is 256 g/mol. The predicted octanol–water partition coefficient (Wildman–Crippen LogP) is 1.51. The zero-order chi connectivity index (χ0) is 14.4. The Morgan fingerprint density at radius 1 is 1.42 bits per heavy atom. The summed E-state index contributed by atoms with van der Waals surface area (Å²) in [4.78, 5) is 5.41. The molecule has 19 heavy (non-hydrogen) atoms. The second kappa shape index (κ2) is 7.08. The van der Waals surface area contributed by atoms with Crippen LogP contribution in [0.5, 0.6) is 5.88 Å². The SMILES string of the molecule is CC(C)Oc1nc(N(CCO)CC(F)F)ccc1N. The largest absolute Gasteiger partial charge is 0.473 e. The van der Waals surface area contributed by atoms with Gasteiger partial charge in [0.1, 0.15) is 5.82 Å². The third-order valence-electron chi connectivity index (χ3n) is 2.27. The highest BCUT2D eigenvalue weighted by atomic mass is 19.3. The molecule has 1 aromatic rings. The van der Waals surface area contributed by atoms with Gasteiger partial charge in [0.05, 0.1) is 24.9 Å². The van der Waals surface area contributed by atoms with Gasteiger partial charge in [0.2, 0.25) is 5.88 Å². The molecule has 108 valence electrons. The monoisotopic (exact) mass is 275 g/mol. The first-order chi connectivity index (χ1) is 8.93. The zero-order valence-corrected chi connectivity index (χ0v) is 11.0. The van der Waals surface area contributed by atoms with E-state index in [9.17, 15) is 8.78 Å². The van der Waals surface area contributed by atoms with Gasteiger partial charge in [0, 0.05) is 6.54 Å². The van der Waals surface area contributed by atoms with E-state index in [1.54, 1.807) is 6.07 Å². The molecule has 0 aliphatic rings. The lowest BCUT2D eigenvalue weighted by Gasteiger charge is -2.23. The van der Waals surface area contributed by atoms with Crippen molar-refractivity contribution in [2.75, 3.05) is 30.3 Å². The summed E-state index contributed by atoms with van der Waals surface area (Å²) in [5.41, 5.74) is 6.06. The fraction of sp³-hybridized carbons (Fsp3) is 0.583.